The Hall–Kier alpha value is -1.55. The zero-order valence-corrected chi connectivity index (χ0v) is 10.6. The molecular formula is C13H20N2O2. The monoisotopic (exact) mass is 236 g/mol. The third-order valence-corrected chi connectivity index (χ3v) is 2.80. The van der Waals surface area contributed by atoms with Gasteiger partial charge < -0.3 is 10.4 Å². The molecule has 4 nitrogen and oxygen atoms in total. The van der Waals surface area contributed by atoms with Crippen LogP contribution in [0.15, 0.2) is 24.3 Å². The first kappa shape index (κ1) is 13.5. The summed E-state index contributed by atoms with van der Waals surface area (Å²) in [5.41, 5.74) is 1.08. The molecule has 1 rings (SSSR count). The number of hydrogen-bond acceptors (Lipinski definition) is 3. The molecule has 0 heterocycles. The molecule has 0 bridgehead atoms. The second-order valence-corrected chi connectivity index (χ2v) is 4.14. The number of nitrogens with zero attached hydrogens (tertiary/aromatic N) is 1. The van der Waals surface area contributed by atoms with Crippen LogP contribution in [0.3, 0.4) is 0 Å². The number of phenolic OH excluding ortho intramolecular Hbond substituents is 1. The molecular weight excluding hydrogens is 216 g/mol. The van der Waals surface area contributed by atoms with Crippen molar-refractivity contribution >= 4 is 5.91 Å². The van der Waals surface area contributed by atoms with Crippen molar-refractivity contribution in [3.05, 3.63) is 29.8 Å². The molecule has 0 aliphatic heterocycles. The molecule has 0 aliphatic carbocycles. The lowest BCUT2D eigenvalue weighted by molar-refractivity contribution is -0.122. The summed E-state index contributed by atoms with van der Waals surface area (Å²) in [6, 6.07) is 7.19. The van der Waals surface area contributed by atoms with Crippen LogP contribution in [0.25, 0.3) is 0 Å². The summed E-state index contributed by atoms with van der Waals surface area (Å²) in [6.45, 7) is 4.96. The Bertz CT molecular complexity index is 362. The van der Waals surface area contributed by atoms with Gasteiger partial charge in [-0.05, 0) is 38.6 Å². The number of nitrogens with one attached hydrogen (secondary N) is 1. The van der Waals surface area contributed by atoms with Crippen molar-refractivity contribution in [3.63, 3.8) is 0 Å². The fourth-order valence-electron chi connectivity index (χ4n) is 1.62. The lowest BCUT2D eigenvalue weighted by atomic mass is 10.1. The minimum Gasteiger partial charge on any atom is -0.508 e. The van der Waals surface area contributed by atoms with Gasteiger partial charge in [-0.1, -0.05) is 12.1 Å². The highest BCUT2D eigenvalue weighted by Gasteiger charge is 2.14. The second-order valence-electron chi connectivity index (χ2n) is 4.14. The molecule has 1 atom stereocenters. The number of likely N-dealkylation sites (N-methyl/N-ethyl adjacent to an activating group) is 2. The van der Waals surface area contributed by atoms with E-state index in [1.807, 2.05) is 37.9 Å². The highest BCUT2D eigenvalue weighted by molar-refractivity contribution is 5.77. The van der Waals surface area contributed by atoms with Crippen molar-refractivity contribution < 1.29 is 9.90 Å². The zero-order chi connectivity index (χ0) is 12.8. The smallest absolute Gasteiger partial charge is 0.234 e. The Morgan fingerprint density at radius 2 is 2.00 bits per heavy atom. The van der Waals surface area contributed by atoms with Gasteiger partial charge in [0.05, 0.1) is 6.54 Å². The Balaban J connectivity index is 2.60. The lowest BCUT2D eigenvalue weighted by Crippen LogP contribution is -2.36. The first-order valence-corrected chi connectivity index (χ1v) is 5.80. The van der Waals surface area contributed by atoms with Crippen molar-refractivity contribution in [2.24, 2.45) is 0 Å². The van der Waals surface area contributed by atoms with Crippen LogP contribution in [0.2, 0.25) is 0 Å². The average Bonchev–Trinajstić information content (AvgIpc) is 2.29. The quantitative estimate of drug-likeness (QED) is 0.815. The number of carbonyl (C=O) groups excluding carboxylic acids is 1. The third-order valence-electron chi connectivity index (χ3n) is 2.80. The van der Waals surface area contributed by atoms with Gasteiger partial charge in [0, 0.05) is 12.6 Å². The second kappa shape index (κ2) is 6.25. The van der Waals surface area contributed by atoms with Crippen LogP contribution in [0.1, 0.15) is 25.5 Å². The first-order valence-electron chi connectivity index (χ1n) is 5.80. The maximum absolute atomic E-state index is 11.5. The van der Waals surface area contributed by atoms with E-state index < -0.39 is 0 Å². The molecule has 94 valence electrons. The van der Waals surface area contributed by atoms with Crippen LogP contribution in [-0.4, -0.2) is 36.1 Å². The molecule has 0 radical (unpaired) electrons. The summed E-state index contributed by atoms with van der Waals surface area (Å²) in [4.78, 5) is 13.4. The number of aromatic hydroxyl groups is 1. The van der Waals surface area contributed by atoms with Gasteiger partial charge in [0.2, 0.25) is 5.91 Å². The van der Waals surface area contributed by atoms with Crippen molar-refractivity contribution in [3.8, 4) is 5.75 Å². The van der Waals surface area contributed by atoms with Gasteiger partial charge in [-0.25, -0.2) is 0 Å². The highest BCUT2D eigenvalue weighted by Crippen LogP contribution is 2.20. The predicted octanol–water partition coefficient (Wildman–Crippen LogP) is 1.52. The van der Waals surface area contributed by atoms with Crippen LogP contribution in [-0.2, 0) is 4.79 Å². The van der Waals surface area contributed by atoms with Gasteiger partial charge >= 0.3 is 0 Å². The van der Waals surface area contributed by atoms with E-state index in [9.17, 15) is 9.90 Å². The minimum absolute atomic E-state index is 0.0284. The summed E-state index contributed by atoms with van der Waals surface area (Å²) in [7, 11) is 1.91. The van der Waals surface area contributed by atoms with E-state index in [1.165, 1.54) is 0 Å². The van der Waals surface area contributed by atoms with E-state index in [2.05, 4.69) is 5.32 Å². The summed E-state index contributed by atoms with van der Waals surface area (Å²) >= 11 is 0. The van der Waals surface area contributed by atoms with Gasteiger partial charge in [0.25, 0.3) is 0 Å². The normalized spacial score (nSPS) is 12.5. The van der Waals surface area contributed by atoms with Gasteiger partial charge in [0.1, 0.15) is 5.75 Å². The minimum atomic E-state index is 0.0284. The van der Waals surface area contributed by atoms with Gasteiger partial charge in [-0.2, -0.15) is 0 Å². The number of phenols is 1. The Morgan fingerprint density at radius 1 is 1.41 bits per heavy atom. The van der Waals surface area contributed by atoms with Gasteiger partial charge in [-0.15, -0.1) is 0 Å². The molecule has 1 unspecified atom stereocenters. The SMILES string of the molecule is CCNC(=O)CN(C)C(C)c1ccc(O)cc1. The van der Waals surface area contributed by atoms with E-state index in [1.54, 1.807) is 12.1 Å². The average molecular weight is 236 g/mol. The Morgan fingerprint density at radius 3 is 2.53 bits per heavy atom. The third kappa shape index (κ3) is 4.07. The van der Waals surface area contributed by atoms with Crippen molar-refractivity contribution in [1.82, 2.24) is 10.2 Å². The van der Waals surface area contributed by atoms with E-state index in [-0.39, 0.29) is 17.7 Å². The van der Waals surface area contributed by atoms with Crippen LogP contribution < -0.4 is 5.32 Å². The molecule has 0 spiro atoms. The molecule has 0 saturated heterocycles. The van der Waals surface area contributed by atoms with Crippen LogP contribution in [0, 0.1) is 0 Å². The molecule has 1 aromatic rings. The molecule has 4 heteroatoms. The summed E-state index contributed by atoms with van der Waals surface area (Å²) < 4.78 is 0. The lowest BCUT2D eigenvalue weighted by Gasteiger charge is -2.24. The van der Waals surface area contributed by atoms with Gasteiger partial charge in [-0.3, -0.25) is 9.69 Å². The van der Waals surface area contributed by atoms with Crippen LogP contribution in [0.5, 0.6) is 5.75 Å². The molecule has 0 fully saturated rings. The molecule has 0 aliphatic rings. The summed E-state index contributed by atoms with van der Waals surface area (Å²) in [5, 5.41) is 12.0. The fraction of sp³-hybridized carbons (Fsp3) is 0.462. The van der Waals surface area contributed by atoms with Crippen molar-refractivity contribution in [2.75, 3.05) is 20.1 Å². The number of benzene rings is 1. The molecule has 17 heavy (non-hydrogen) atoms. The number of hydrogen-bond donors (Lipinski definition) is 2. The van der Waals surface area contributed by atoms with Crippen molar-refractivity contribution in [1.29, 1.82) is 0 Å². The van der Waals surface area contributed by atoms with E-state index in [0.717, 1.165) is 5.56 Å². The largest absolute Gasteiger partial charge is 0.508 e. The zero-order valence-electron chi connectivity index (χ0n) is 10.6. The van der Waals surface area contributed by atoms with Crippen LogP contribution >= 0.6 is 0 Å². The van der Waals surface area contributed by atoms with Crippen molar-refractivity contribution in [2.45, 2.75) is 19.9 Å². The fourth-order valence-corrected chi connectivity index (χ4v) is 1.62. The first-order chi connectivity index (χ1) is 8.04. The topological polar surface area (TPSA) is 52.6 Å². The molecule has 0 aromatic heterocycles. The molecule has 2 N–H and O–H groups in total. The molecule has 0 saturated carbocycles. The van der Waals surface area contributed by atoms with Gasteiger partial charge in [0.15, 0.2) is 0 Å². The molecule has 1 aromatic carbocycles. The summed E-state index contributed by atoms with van der Waals surface area (Å²) in [5.74, 6) is 0.285. The predicted molar refractivity (Wildman–Crippen MR) is 67.8 cm³/mol. The number of rotatable bonds is 5. The Labute approximate surface area is 102 Å². The van der Waals surface area contributed by atoms with E-state index in [0.29, 0.717) is 13.1 Å². The number of amides is 1. The number of carbonyl (C=O) groups is 1. The molecule has 1 amide bonds. The standard InChI is InChI=1S/C13H20N2O2/c1-4-14-13(17)9-15(3)10(2)11-5-7-12(16)8-6-11/h5-8,10,16H,4,9H2,1-3H3,(H,14,17). The van der Waals surface area contributed by atoms with E-state index in [4.69, 9.17) is 0 Å². The summed E-state index contributed by atoms with van der Waals surface area (Å²) in [6.07, 6.45) is 0. The maximum atomic E-state index is 11.5. The highest BCUT2D eigenvalue weighted by atomic mass is 16.3. The van der Waals surface area contributed by atoms with Crippen LogP contribution in [0.4, 0.5) is 0 Å². The maximum Gasteiger partial charge on any atom is 0.234 e. The van der Waals surface area contributed by atoms with E-state index >= 15 is 0 Å². The Kier molecular flexibility index (Phi) is 4.97.